The van der Waals surface area contributed by atoms with Crippen LogP contribution in [0, 0.1) is 11.8 Å². The smallest absolute Gasteiger partial charge is 0.387 e. The van der Waals surface area contributed by atoms with E-state index >= 15 is 0 Å². The predicted octanol–water partition coefficient (Wildman–Crippen LogP) is 5.14. The Morgan fingerprint density at radius 3 is 2.50 bits per heavy atom. The van der Waals surface area contributed by atoms with E-state index in [1.54, 1.807) is 35.2 Å². The first-order valence-electron chi connectivity index (χ1n) is 15.6. The summed E-state index contributed by atoms with van der Waals surface area (Å²) in [7, 11) is 1.83. The van der Waals surface area contributed by atoms with Crippen LogP contribution in [0.5, 0.6) is 11.5 Å². The van der Waals surface area contributed by atoms with Crippen LogP contribution in [0.4, 0.5) is 8.78 Å². The molecule has 1 aromatic carbocycles. The molecule has 0 radical (unpaired) electrons. The second-order valence-corrected chi connectivity index (χ2v) is 12.5. The monoisotopic (exact) mass is 612 g/mol. The van der Waals surface area contributed by atoms with Crippen LogP contribution in [0.3, 0.4) is 0 Å². The summed E-state index contributed by atoms with van der Waals surface area (Å²) in [6.45, 7) is 1.52. The van der Waals surface area contributed by atoms with Crippen LogP contribution in [0.25, 0.3) is 0 Å². The van der Waals surface area contributed by atoms with Crippen LogP contribution in [-0.4, -0.2) is 71.4 Å². The molecular formula is C33H42F2N4O5. The van der Waals surface area contributed by atoms with E-state index in [9.17, 15) is 23.2 Å². The number of aromatic nitrogens is 1. The molecule has 44 heavy (non-hydrogen) atoms. The van der Waals surface area contributed by atoms with Gasteiger partial charge in [0.15, 0.2) is 11.5 Å². The van der Waals surface area contributed by atoms with Crippen molar-refractivity contribution in [2.24, 2.45) is 11.8 Å². The van der Waals surface area contributed by atoms with Crippen LogP contribution in [0.15, 0.2) is 36.4 Å². The van der Waals surface area contributed by atoms with Gasteiger partial charge in [0, 0.05) is 32.5 Å². The van der Waals surface area contributed by atoms with Crippen LogP contribution in [0.1, 0.15) is 86.5 Å². The highest BCUT2D eigenvalue weighted by Gasteiger charge is 2.39. The van der Waals surface area contributed by atoms with Crippen molar-refractivity contribution in [1.29, 1.82) is 0 Å². The first-order valence-corrected chi connectivity index (χ1v) is 15.6. The van der Waals surface area contributed by atoms with Crippen molar-refractivity contribution in [1.82, 2.24) is 20.1 Å². The topological polar surface area (TPSA) is 101 Å². The Hall–Kier alpha value is -3.76. The molecule has 2 aliphatic carbocycles. The van der Waals surface area contributed by atoms with Gasteiger partial charge in [-0.2, -0.15) is 8.78 Å². The van der Waals surface area contributed by atoms with Crippen LogP contribution in [0.2, 0.25) is 0 Å². The number of carbonyl (C=O) groups is 3. The molecule has 0 bridgehead atoms. The Balaban J connectivity index is 1.22. The lowest BCUT2D eigenvalue weighted by Crippen LogP contribution is -2.45. The zero-order valence-corrected chi connectivity index (χ0v) is 25.6. The van der Waals surface area contributed by atoms with Crippen molar-refractivity contribution in [3.8, 4) is 11.5 Å². The molecule has 1 aliphatic heterocycles. The normalized spacial score (nSPS) is 23.4. The van der Waals surface area contributed by atoms with E-state index in [2.05, 4.69) is 22.0 Å². The van der Waals surface area contributed by atoms with Crippen LogP contribution in [-0.2, 0) is 16.1 Å². The number of nitrogens with zero attached hydrogens (tertiary/aromatic N) is 3. The number of benzene rings is 1. The van der Waals surface area contributed by atoms with Gasteiger partial charge >= 0.3 is 6.61 Å². The minimum Gasteiger partial charge on any atom is -0.489 e. The van der Waals surface area contributed by atoms with Gasteiger partial charge in [0.25, 0.3) is 5.91 Å². The SMILES string of the molecule is CC(=O)N1CC(c2ccc(OC(F)F)c(OCC3CC3)c2)C[C@@H]1C(=O)NCc1cccc(C(=O)N(C)C2CCC(C)CC2)n1. The van der Waals surface area contributed by atoms with Gasteiger partial charge in [0.05, 0.1) is 18.8 Å². The third-order valence-corrected chi connectivity index (χ3v) is 9.16. The molecule has 9 nitrogen and oxygen atoms in total. The number of ether oxygens (including phenoxy) is 2. The fourth-order valence-electron chi connectivity index (χ4n) is 6.22. The predicted molar refractivity (Wildman–Crippen MR) is 159 cm³/mol. The van der Waals surface area contributed by atoms with E-state index in [1.165, 1.54) is 17.9 Å². The van der Waals surface area contributed by atoms with Crippen molar-refractivity contribution in [3.05, 3.63) is 53.3 Å². The number of halogens is 2. The number of nitrogens with one attached hydrogen (secondary N) is 1. The highest BCUT2D eigenvalue weighted by molar-refractivity contribution is 5.92. The van der Waals surface area contributed by atoms with Gasteiger partial charge in [0.1, 0.15) is 11.7 Å². The van der Waals surface area contributed by atoms with Gasteiger partial charge < -0.3 is 24.6 Å². The summed E-state index contributed by atoms with van der Waals surface area (Å²) in [6, 6.07) is 9.52. The number of pyridine rings is 1. The second kappa shape index (κ2) is 13.9. The quantitative estimate of drug-likeness (QED) is 0.377. The van der Waals surface area contributed by atoms with E-state index in [-0.39, 0.29) is 47.7 Å². The molecule has 3 amide bonds. The lowest BCUT2D eigenvalue weighted by Gasteiger charge is -2.33. The maximum atomic E-state index is 13.4. The molecule has 2 atom stereocenters. The number of hydrogen-bond acceptors (Lipinski definition) is 6. The van der Waals surface area contributed by atoms with Gasteiger partial charge in [-0.3, -0.25) is 14.4 Å². The molecule has 1 unspecified atom stereocenters. The minimum absolute atomic E-state index is 0.0344. The molecule has 0 spiro atoms. The van der Waals surface area contributed by atoms with Gasteiger partial charge in [-0.1, -0.05) is 19.1 Å². The Kier molecular flexibility index (Phi) is 10.0. The van der Waals surface area contributed by atoms with Gasteiger partial charge in [-0.05, 0) is 86.6 Å². The Bertz CT molecular complexity index is 1350. The van der Waals surface area contributed by atoms with Crippen molar-refractivity contribution in [2.45, 2.75) is 90.0 Å². The summed E-state index contributed by atoms with van der Waals surface area (Å²) in [5, 5.41) is 2.89. The summed E-state index contributed by atoms with van der Waals surface area (Å²) in [6.07, 6.45) is 6.63. The standard InChI is InChI=1S/C33H42F2N4O5/c1-20-7-12-26(13-8-20)38(3)32(42)27-6-4-5-25(37-27)17-36-31(41)28-15-24(18-39(28)21(2)40)23-11-14-29(44-33(34)35)30(16-23)43-19-22-9-10-22/h4-6,11,14,16,20,22,24,26,28,33H,7-10,12-13,15,17-19H2,1-3H3,(H,36,41)/t20?,24?,26?,28-/m1/s1. The van der Waals surface area contributed by atoms with E-state index in [0.29, 0.717) is 42.8 Å². The molecule has 238 valence electrons. The summed E-state index contributed by atoms with van der Waals surface area (Å²) in [5.74, 6) is 0.416. The molecule has 11 heteroatoms. The fraction of sp³-hybridized carbons (Fsp3) is 0.576. The van der Waals surface area contributed by atoms with Crippen molar-refractivity contribution in [3.63, 3.8) is 0 Å². The third kappa shape index (κ3) is 7.84. The van der Waals surface area contributed by atoms with Gasteiger partial charge in [-0.15, -0.1) is 0 Å². The first kappa shape index (κ1) is 31.7. The average Bonchev–Trinajstić information content (AvgIpc) is 3.73. The van der Waals surface area contributed by atoms with E-state index < -0.39 is 12.7 Å². The molecule has 2 heterocycles. The summed E-state index contributed by atoms with van der Waals surface area (Å²) < 4.78 is 36.5. The van der Waals surface area contributed by atoms with E-state index in [0.717, 1.165) is 44.1 Å². The highest BCUT2D eigenvalue weighted by atomic mass is 19.3. The number of carbonyl (C=O) groups excluding carboxylic acids is 3. The Morgan fingerprint density at radius 2 is 1.82 bits per heavy atom. The molecule has 1 N–H and O–H groups in total. The maximum Gasteiger partial charge on any atom is 0.387 e. The van der Waals surface area contributed by atoms with Crippen molar-refractivity contribution < 1.29 is 32.6 Å². The van der Waals surface area contributed by atoms with Crippen molar-refractivity contribution >= 4 is 17.7 Å². The third-order valence-electron chi connectivity index (χ3n) is 9.16. The lowest BCUT2D eigenvalue weighted by atomic mass is 9.86. The molecule has 2 saturated carbocycles. The number of rotatable bonds is 11. The zero-order valence-electron chi connectivity index (χ0n) is 25.6. The summed E-state index contributed by atoms with van der Waals surface area (Å²) in [5.41, 5.74) is 1.66. The van der Waals surface area contributed by atoms with Gasteiger partial charge in [-0.25, -0.2) is 4.98 Å². The zero-order chi connectivity index (χ0) is 31.4. The second-order valence-electron chi connectivity index (χ2n) is 12.5. The largest absolute Gasteiger partial charge is 0.489 e. The van der Waals surface area contributed by atoms with Crippen LogP contribution < -0.4 is 14.8 Å². The Labute approximate surface area is 257 Å². The maximum absolute atomic E-state index is 13.4. The number of alkyl halides is 2. The minimum atomic E-state index is -2.98. The average molecular weight is 613 g/mol. The lowest BCUT2D eigenvalue weighted by molar-refractivity contribution is -0.136. The first-order chi connectivity index (χ1) is 21.1. The molecule has 1 aromatic heterocycles. The number of likely N-dealkylation sites (tertiary alicyclic amines) is 1. The van der Waals surface area contributed by atoms with Crippen LogP contribution >= 0.6 is 0 Å². The highest BCUT2D eigenvalue weighted by Crippen LogP contribution is 2.39. The molecule has 3 fully saturated rings. The molecule has 3 aliphatic rings. The fourth-order valence-corrected chi connectivity index (χ4v) is 6.22. The van der Waals surface area contributed by atoms with Crippen molar-refractivity contribution in [2.75, 3.05) is 20.2 Å². The molecule has 5 rings (SSSR count). The van der Waals surface area contributed by atoms with Gasteiger partial charge in [0.2, 0.25) is 11.8 Å². The Morgan fingerprint density at radius 1 is 1.07 bits per heavy atom. The van der Waals surface area contributed by atoms with E-state index in [4.69, 9.17) is 4.74 Å². The molecule has 1 saturated heterocycles. The summed E-state index contributed by atoms with van der Waals surface area (Å²) >= 11 is 0. The summed E-state index contributed by atoms with van der Waals surface area (Å²) in [4.78, 5) is 46.9. The number of amides is 3. The molecular weight excluding hydrogens is 570 g/mol. The number of hydrogen-bond donors (Lipinski definition) is 1. The van der Waals surface area contributed by atoms with E-state index in [1.807, 2.05) is 7.05 Å². The molecule has 2 aromatic rings.